The SMILES string of the molecule is CCOC(=O)C(C)NC(=O)c1ccc(Br)cc1Br. The van der Waals surface area contributed by atoms with Crippen LogP contribution < -0.4 is 5.32 Å². The van der Waals surface area contributed by atoms with Crippen LogP contribution in [0.5, 0.6) is 0 Å². The number of hydrogen-bond donors (Lipinski definition) is 1. The summed E-state index contributed by atoms with van der Waals surface area (Å²) in [7, 11) is 0. The maximum absolute atomic E-state index is 11.9. The van der Waals surface area contributed by atoms with Gasteiger partial charge in [0.05, 0.1) is 12.2 Å². The van der Waals surface area contributed by atoms with Crippen molar-refractivity contribution in [3.05, 3.63) is 32.7 Å². The Morgan fingerprint density at radius 2 is 2.06 bits per heavy atom. The number of halogens is 2. The van der Waals surface area contributed by atoms with E-state index in [2.05, 4.69) is 37.2 Å². The van der Waals surface area contributed by atoms with Gasteiger partial charge in [-0.1, -0.05) is 15.9 Å². The number of carbonyl (C=O) groups is 2. The van der Waals surface area contributed by atoms with E-state index in [4.69, 9.17) is 4.74 Å². The number of benzene rings is 1. The smallest absolute Gasteiger partial charge is 0.328 e. The number of esters is 1. The van der Waals surface area contributed by atoms with E-state index in [1.54, 1.807) is 32.0 Å². The van der Waals surface area contributed by atoms with Crippen LogP contribution in [-0.2, 0) is 9.53 Å². The van der Waals surface area contributed by atoms with Gasteiger partial charge in [-0.2, -0.15) is 0 Å². The number of rotatable bonds is 4. The lowest BCUT2D eigenvalue weighted by Gasteiger charge is -2.13. The fraction of sp³-hybridized carbons (Fsp3) is 0.333. The fourth-order valence-electron chi connectivity index (χ4n) is 1.27. The standard InChI is InChI=1S/C12H13Br2NO3/c1-3-18-12(17)7(2)15-11(16)9-5-4-8(13)6-10(9)14/h4-7H,3H2,1-2H3,(H,15,16). The van der Waals surface area contributed by atoms with Crippen LogP contribution in [0.15, 0.2) is 27.1 Å². The largest absolute Gasteiger partial charge is 0.464 e. The highest BCUT2D eigenvalue weighted by Crippen LogP contribution is 2.21. The van der Waals surface area contributed by atoms with Crippen molar-refractivity contribution in [1.82, 2.24) is 5.32 Å². The van der Waals surface area contributed by atoms with Crippen LogP contribution in [0.1, 0.15) is 24.2 Å². The number of amides is 1. The molecule has 0 radical (unpaired) electrons. The van der Waals surface area contributed by atoms with Crippen molar-refractivity contribution in [2.45, 2.75) is 19.9 Å². The third-order valence-corrected chi connectivity index (χ3v) is 3.31. The molecule has 1 unspecified atom stereocenters. The van der Waals surface area contributed by atoms with Gasteiger partial charge in [-0.05, 0) is 48.0 Å². The second-order valence-corrected chi connectivity index (χ2v) is 5.34. The Bertz CT molecular complexity index is 463. The first-order valence-electron chi connectivity index (χ1n) is 5.38. The number of carbonyl (C=O) groups excluding carboxylic acids is 2. The first kappa shape index (κ1) is 15.2. The number of hydrogen-bond acceptors (Lipinski definition) is 3. The predicted molar refractivity (Wildman–Crippen MR) is 75.4 cm³/mol. The van der Waals surface area contributed by atoms with E-state index in [9.17, 15) is 9.59 Å². The second-order valence-electron chi connectivity index (χ2n) is 3.57. The van der Waals surface area contributed by atoms with Gasteiger partial charge < -0.3 is 10.1 Å². The van der Waals surface area contributed by atoms with Crippen LogP contribution in [0.25, 0.3) is 0 Å². The average Bonchev–Trinajstić information content (AvgIpc) is 2.28. The van der Waals surface area contributed by atoms with Gasteiger partial charge in [0.15, 0.2) is 0 Å². The molecule has 0 spiro atoms. The van der Waals surface area contributed by atoms with E-state index in [1.165, 1.54) is 0 Å². The molecule has 6 heteroatoms. The normalized spacial score (nSPS) is 11.8. The van der Waals surface area contributed by atoms with Crippen LogP contribution >= 0.6 is 31.9 Å². The molecule has 0 aliphatic rings. The molecule has 1 atom stereocenters. The first-order valence-corrected chi connectivity index (χ1v) is 6.96. The molecule has 1 N–H and O–H groups in total. The third kappa shape index (κ3) is 4.10. The van der Waals surface area contributed by atoms with E-state index in [0.29, 0.717) is 16.6 Å². The van der Waals surface area contributed by atoms with Gasteiger partial charge >= 0.3 is 5.97 Å². The summed E-state index contributed by atoms with van der Waals surface area (Å²) in [6.07, 6.45) is 0. The zero-order chi connectivity index (χ0) is 13.7. The van der Waals surface area contributed by atoms with Crippen molar-refractivity contribution in [3.8, 4) is 0 Å². The summed E-state index contributed by atoms with van der Waals surface area (Å²) < 4.78 is 6.34. The summed E-state index contributed by atoms with van der Waals surface area (Å²) in [6, 6.07) is 4.52. The Balaban J connectivity index is 2.73. The Morgan fingerprint density at radius 3 is 2.61 bits per heavy atom. The molecule has 1 aromatic carbocycles. The van der Waals surface area contributed by atoms with Gasteiger partial charge in [0.1, 0.15) is 6.04 Å². The fourth-order valence-corrected chi connectivity index (χ4v) is 2.50. The molecule has 0 saturated heterocycles. The minimum absolute atomic E-state index is 0.293. The Hall–Kier alpha value is -0.880. The number of nitrogens with one attached hydrogen (secondary N) is 1. The van der Waals surface area contributed by atoms with Gasteiger partial charge in [-0.15, -0.1) is 0 Å². The van der Waals surface area contributed by atoms with Crippen molar-refractivity contribution < 1.29 is 14.3 Å². The average molecular weight is 379 g/mol. The predicted octanol–water partition coefficient (Wildman–Crippen LogP) is 2.89. The molecule has 0 heterocycles. The molecule has 1 aromatic rings. The molecular formula is C12H13Br2NO3. The van der Waals surface area contributed by atoms with Gasteiger partial charge in [0.25, 0.3) is 5.91 Å². The monoisotopic (exact) mass is 377 g/mol. The van der Waals surface area contributed by atoms with E-state index >= 15 is 0 Å². The van der Waals surface area contributed by atoms with Crippen LogP contribution in [-0.4, -0.2) is 24.5 Å². The van der Waals surface area contributed by atoms with E-state index in [1.807, 2.05) is 0 Å². The molecule has 18 heavy (non-hydrogen) atoms. The van der Waals surface area contributed by atoms with Crippen LogP contribution in [0.3, 0.4) is 0 Å². The van der Waals surface area contributed by atoms with Crippen LogP contribution in [0.4, 0.5) is 0 Å². The lowest BCUT2D eigenvalue weighted by Crippen LogP contribution is -2.39. The highest BCUT2D eigenvalue weighted by molar-refractivity contribution is 9.11. The van der Waals surface area contributed by atoms with E-state index in [-0.39, 0.29) is 5.91 Å². The zero-order valence-electron chi connectivity index (χ0n) is 10.00. The Morgan fingerprint density at radius 1 is 1.39 bits per heavy atom. The molecule has 0 fully saturated rings. The van der Waals surface area contributed by atoms with E-state index < -0.39 is 12.0 Å². The molecular weight excluding hydrogens is 366 g/mol. The molecule has 0 bridgehead atoms. The van der Waals surface area contributed by atoms with Gasteiger partial charge in [0.2, 0.25) is 0 Å². The highest BCUT2D eigenvalue weighted by Gasteiger charge is 2.18. The molecule has 0 aliphatic heterocycles. The summed E-state index contributed by atoms with van der Waals surface area (Å²) in [6.45, 7) is 3.60. The molecule has 0 aliphatic carbocycles. The number of ether oxygens (including phenoxy) is 1. The Kier molecular flexibility index (Phi) is 5.81. The van der Waals surface area contributed by atoms with Crippen molar-refractivity contribution in [1.29, 1.82) is 0 Å². The van der Waals surface area contributed by atoms with Crippen LogP contribution in [0.2, 0.25) is 0 Å². The van der Waals surface area contributed by atoms with Gasteiger partial charge in [0, 0.05) is 8.95 Å². The maximum atomic E-state index is 11.9. The molecule has 98 valence electrons. The lowest BCUT2D eigenvalue weighted by molar-refractivity contribution is -0.144. The quantitative estimate of drug-likeness (QED) is 0.819. The lowest BCUT2D eigenvalue weighted by atomic mass is 10.2. The second kappa shape index (κ2) is 6.89. The minimum Gasteiger partial charge on any atom is -0.464 e. The molecule has 1 rings (SSSR count). The summed E-state index contributed by atoms with van der Waals surface area (Å²) >= 11 is 6.60. The summed E-state index contributed by atoms with van der Waals surface area (Å²) in [5, 5.41) is 2.58. The Labute approximate surface area is 122 Å². The van der Waals surface area contributed by atoms with Gasteiger partial charge in [-0.25, -0.2) is 4.79 Å². The molecule has 0 saturated carbocycles. The van der Waals surface area contributed by atoms with E-state index in [0.717, 1.165) is 4.47 Å². The maximum Gasteiger partial charge on any atom is 0.328 e. The van der Waals surface area contributed by atoms with Crippen molar-refractivity contribution >= 4 is 43.7 Å². The third-order valence-electron chi connectivity index (χ3n) is 2.16. The summed E-state index contributed by atoms with van der Waals surface area (Å²) in [4.78, 5) is 23.3. The zero-order valence-corrected chi connectivity index (χ0v) is 13.2. The van der Waals surface area contributed by atoms with Gasteiger partial charge in [-0.3, -0.25) is 4.79 Å². The molecule has 0 aromatic heterocycles. The topological polar surface area (TPSA) is 55.4 Å². The van der Waals surface area contributed by atoms with Crippen molar-refractivity contribution in [2.24, 2.45) is 0 Å². The minimum atomic E-state index is -0.673. The highest BCUT2D eigenvalue weighted by atomic mass is 79.9. The summed E-state index contributed by atoms with van der Waals surface area (Å²) in [5.41, 5.74) is 0.467. The van der Waals surface area contributed by atoms with Crippen LogP contribution in [0, 0.1) is 0 Å². The van der Waals surface area contributed by atoms with Crippen molar-refractivity contribution in [3.63, 3.8) is 0 Å². The summed E-state index contributed by atoms with van der Waals surface area (Å²) in [5.74, 6) is -0.769. The molecule has 4 nitrogen and oxygen atoms in total. The first-order chi connectivity index (χ1) is 8.45. The molecule has 1 amide bonds. The van der Waals surface area contributed by atoms with Crippen molar-refractivity contribution in [2.75, 3.05) is 6.61 Å².